The molecule has 5 nitrogen and oxygen atoms in total. The quantitative estimate of drug-likeness (QED) is 0.804. The number of ether oxygens (including phenoxy) is 1. The molecule has 0 spiro atoms. The summed E-state index contributed by atoms with van der Waals surface area (Å²) in [5, 5.41) is 0. The van der Waals surface area contributed by atoms with Gasteiger partial charge in [-0.05, 0) is 55.2 Å². The lowest BCUT2D eigenvalue weighted by Crippen LogP contribution is -2.47. The molecule has 2 N–H and O–H groups in total. The summed E-state index contributed by atoms with van der Waals surface area (Å²) in [6.07, 6.45) is -0.833. The van der Waals surface area contributed by atoms with Crippen molar-refractivity contribution < 1.29 is 18.7 Å². The van der Waals surface area contributed by atoms with Gasteiger partial charge in [0.2, 0.25) is 0 Å². The summed E-state index contributed by atoms with van der Waals surface area (Å²) in [7, 11) is 0. The van der Waals surface area contributed by atoms with E-state index in [0.717, 1.165) is 5.56 Å². The van der Waals surface area contributed by atoms with Crippen LogP contribution in [0, 0.1) is 12.7 Å². The fraction of sp³-hybridized carbons (Fsp3) is 0.300. The van der Waals surface area contributed by atoms with Gasteiger partial charge in [0.05, 0.1) is 5.56 Å². The molecule has 6 heteroatoms. The van der Waals surface area contributed by atoms with E-state index >= 15 is 0 Å². The van der Waals surface area contributed by atoms with Crippen molar-refractivity contribution in [1.82, 2.24) is 10.9 Å². The van der Waals surface area contributed by atoms with E-state index in [1.807, 2.05) is 25.1 Å². The maximum atomic E-state index is 13.5. The largest absolute Gasteiger partial charge is 0.481 e. The molecule has 2 rings (SSSR count). The van der Waals surface area contributed by atoms with Crippen molar-refractivity contribution in [1.29, 1.82) is 0 Å². The zero-order valence-electron chi connectivity index (χ0n) is 15.3. The second-order valence-electron chi connectivity index (χ2n) is 6.36. The molecule has 0 unspecified atom stereocenters. The molecule has 0 heterocycles. The van der Waals surface area contributed by atoms with Gasteiger partial charge in [-0.25, -0.2) is 4.39 Å². The lowest BCUT2D eigenvalue weighted by molar-refractivity contribution is -0.128. The maximum Gasteiger partial charge on any atom is 0.279 e. The van der Waals surface area contributed by atoms with E-state index in [-0.39, 0.29) is 5.56 Å². The molecule has 0 aromatic heterocycles. The molecule has 0 aliphatic carbocycles. The Morgan fingerprint density at radius 1 is 1.04 bits per heavy atom. The van der Waals surface area contributed by atoms with Gasteiger partial charge < -0.3 is 4.74 Å². The van der Waals surface area contributed by atoms with Gasteiger partial charge in [0.25, 0.3) is 11.8 Å². The summed E-state index contributed by atoms with van der Waals surface area (Å²) in [5.41, 5.74) is 6.57. The molecule has 2 amide bonds. The van der Waals surface area contributed by atoms with Crippen LogP contribution in [0.15, 0.2) is 42.5 Å². The summed E-state index contributed by atoms with van der Waals surface area (Å²) >= 11 is 0. The monoisotopic (exact) mass is 358 g/mol. The Bertz CT molecular complexity index is 805. The highest BCUT2D eigenvalue weighted by molar-refractivity contribution is 5.95. The molecule has 1 atom stereocenters. The highest BCUT2D eigenvalue weighted by Crippen LogP contribution is 2.24. The molecule has 0 radical (unpaired) electrons. The number of hydrazine groups is 1. The molecular formula is C20H23FN2O3. The molecule has 0 aliphatic heterocycles. The topological polar surface area (TPSA) is 67.4 Å². The van der Waals surface area contributed by atoms with Crippen molar-refractivity contribution in [2.24, 2.45) is 0 Å². The van der Waals surface area contributed by atoms with E-state index in [2.05, 4.69) is 24.7 Å². The number of benzene rings is 2. The van der Waals surface area contributed by atoms with Crippen LogP contribution in [0.2, 0.25) is 0 Å². The first kappa shape index (κ1) is 19.4. The van der Waals surface area contributed by atoms with Gasteiger partial charge in [-0.3, -0.25) is 20.4 Å². The van der Waals surface area contributed by atoms with Crippen molar-refractivity contribution in [2.75, 3.05) is 0 Å². The van der Waals surface area contributed by atoms with Crippen LogP contribution in [0.25, 0.3) is 0 Å². The van der Waals surface area contributed by atoms with Gasteiger partial charge >= 0.3 is 0 Å². The Hall–Kier alpha value is -2.89. The molecule has 0 fully saturated rings. The van der Waals surface area contributed by atoms with E-state index in [0.29, 0.717) is 11.7 Å². The Kier molecular flexibility index (Phi) is 6.33. The van der Waals surface area contributed by atoms with E-state index in [9.17, 15) is 14.0 Å². The lowest BCUT2D eigenvalue weighted by Gasteiger charge is -2.17. The van der Waals surface area contributed by atoms with Gasteiger partial charge in [-0.1, -0.05) is 32.0 Å². The highest BCUT2D eigenvalue weighted by Gasteiger charge is 2.17. The van der Waals surface area contributed by atoms with Crippen molar-refractivity contribution >= 4 is 11.8 Å². The molecule has 0 aliphatic rings. The van der Waals surface area contributed by atoms with E-state index in [4.69, 9.17) is 4.74 Å². The number of hydrogen-bond donors (Lipinski definition) is 2. The number of hydrogen-bond acceptors (Lipinski definition) is 3. The average molecular weight is 358 g/mol. The summed E-state index contributed by atoms with van der Waals surface area (Å²) in [4.78, 5) is 24.0. The molecule has 0 bridgehead atoms. The average Bonchev–Trinajstić information content (AvgIpc) is 2.59. The fourth-order valence-corrected chi connectivity index (χ4v) is 2.56. The van der Waals surface area contributed by atoms with Crippen molar-refractivity contribution in [3.05, 3.63) is 65.0 Å². The SMILES string of the molecule is Cc1cc(O[C@H](C)C(=O)NNC(=O)c2ccccc2F)ccc1C(C)C. The van der Waals surface area contributed by atoms with Crippen LogP contribution in [-0.2, 0) is 4.79 Å². The number of rotatable bonds is 5. The highest BCUT2D eigenvalue weighted by atomic mass is 19.1. The van der Waals surface area contributed by atoms with Crippen molar-refractivity contribution in [3.8, 4) is 5.75 Å². The normalized spacial score (nSPS) is 11.8. The van der Waals surface area contributed by atoms with Crippen LogP contribution in [0.1, 0.15) is 48.2 Å². The first-order valence-corrected chi connectivity index (χ1v) is 8.41. The molecule has 138 valence electrons. The van der Waals surface area contributed by atoms with Gasteiger partial charge in [0.15, 0.2) is 6.10 Å². The van der Waals surface area contributed by atoms with Crippen LogP contribution < -0.4 is 15.6 Å². The zero-order valence-corrected chi connectivity index (χ0v) is 15.3. The third kappa shape index (κ3) is 4.81. The number of carbonyl (C=O) groups is 2. The first-order valence-electron chi connectivity index (χ1n) is 8.41. The van der Waals surface area contributed by atoms with Crippen LogP contribution in [0.4, 0.5) is 4.39 Å². The lowest BCUT2D eigenvalue weighted by atomic mass is 9.98. The third-order valence-corrected chi connectivity index (χ3v) is 3.96. The minimum atomic E-state index is -0.833. The zero-order chi connectivity index (χ0) is 19.3. The predicted molar refractivity (Wildman–Crippen MR) is 97.4 cm³/mol. The summed E-state index contributed by atoms with van der Waals surface area (Å²) in [6.45, 7) is 7.77. The Balaban J connectivity index is 1.92. The number of carbonyl (C=O) groups excluding carboxylic acids is 2. The first-order chi connectivity index (χ1) is 12.3. The van der Waals surface area contributed by atoms with Gasteiger partial charge in [-0.15, -0.1) is 0 Å². The van der Waals surface area contributed by atoms with Gasteiger partial charge in [0, 0.05) is 0 Å². The second-order valence-corrected chi connectivity index (χ2v) is 6.36. The smallest absolute Gasteiger partial charge is 0.279 e. The Morgan fingerprint density at radius 2 is 1.73 bits per heavy atom. The molecular weight excluding hydrogens is 335 g/mol. The molecule has 0 saturated heterocycles. The van der Waals surface area contributed by atoms with Crippen molar-refractivity contribution in [3.63, 3.8) is 0 Å². The van der Waals surface area contributed by atoms with E-state index in [1.165, 1.54) is 29.8 Å². The van der Waals surface area contributed by atoms with Crippen LogP contribution >= 0.6 is 0 Å². The fourth-order valence-electron chi connectivity index (χ4n) is 2.56. The third-order valence-electron chi connectivity index (χ3n) is 3.96. The predicted octanol–water partition coefficient (Wildman–Crippen LogP) is 3.49. The minimum absolute atomic E-state index is 0.152. The molecule has 2 aromatic rings. The van der Waals surface area contributed by atoms with Crippen molar-refractivity contribution in [2.45, 2.75) is 39.7 Å². The number of amides is 2. The van der Waals surface area contributed by atoms with Crippen LogP contribution in [0.5, 0.6) is 5.75 Å². The summed E-state index contributed by atoms with van der Waals surface area (Å²) in [5.74, 6) is -0.973. The number of nitrogens with one attached hydrogen (secondary N) is 2. The number of halogens is 1. The molecule has 0 saturated carbocycles. The molecule has 26 heavy (non-hydrogen) atoms. The van der Waals surface area contributed by atoms with Gasteiger partial charge in [0.1, 0.15) is 11.6 Å². The second kappa shape index (κ2) is 8.47. The van der Waals surface area contributed by atoms with E-state index < -0.39 is 23.7 Å². The summed E-state index contributed by atoms with van der Waals surface area (Å²) < 4.78 is 19.2. The van der Waals surface area contributed by atoms with E-state index in [1.54, 1.807) is 6.92 Å². The van der Waals surface area contributed by atoms with Crippen LogP contribution in [0.3, 0.4) is 0 Å². The standard InChI is InChI=1S/C20H23FN2O3/c1-12(2)16-10-9-15(11-13(16)3)26-14(4)19(24)22-23-20(25)17-7-5-6-8-18(17)21/h5-12,14H,1-4H3,(H,22,24)(H,23,25)/t14-/m1/s1. The van der Waals surface area contributed by atoms with Crippen LogP contribution in [-0.4, -0.2) is 17.9 Å². The van der Waals surface area contributed by atoms with Gasteiger partial charge in [-0.2, -0.15) is 0 Å². The Morgan fingerprint density at radius 3 is 2.35 bits per heavy atom. The molecule has 2 aromatic carbocycles. The Labute approximate surface area is 152 Å². The summed E-state index contributed by atoms with van der Waals surface area (Å²) in [6, 6.07) is 11.2. The number of aryl methyl sites for hydroxylation is 1. The maximum absolute atomic E-state index is 13.5. The minimum Gasteiger partial charge on any atom is -0.481 e.